The summed E-state index contributed by atoms with van der Waals surface area (Å²) in [5.74, 6) is 0. The summed E-state index contributed by atoms with van der Waals surface area (Å²) in [5.41, 5.74) is 8.70. The average Bonchev–Trinajstić information content (AvgIpc) is 3.28. The fourth-order valence-corrected chi connectivity index (χ4v) is 9.16. The van der Waals surface area contributed by atoms with Gasteiger partial charge in [0.15, 0.2) is 0 Å². The zero-order valence-corrected chi connectivity index (χ0v) is 31.0. The summed E-state index contributed by atoms with van der Waals surface area (Å²) in [4.78, 5) is 2.38. The molecule has 11 rings (SSSR count). The highest BCUT2D eigenvalue weighted by Gasteiger charge is 2.23. The topological polar surface area (TPSA) is 27.0 Å². The maximum atomic E-state index is 9.76. The van der Waals surface area contributed by atoms with E-state index in [2.05, 4.69) is 205 Å². The summed E-state index contributed by atoms with van der Waals surface area (Å²) in [6, 6.07) is 76.5. The zero-order chi connectivity index (χ0) is 37.9. The third kappa shape index (κ3) is 5.18. The molecule has 0 N–H and O–H groups in total. The first-order valence-electron chi connectivity index (χ1n) is 19.4. The van der Waals surface area contributed by atoms with E-state index < -0.39 is 0 Å². The van der Waals surface area contributed by atoms with Crippen molar-refractivity contribution in [2.24, 2.45) is 0 Å². The quantitative estimate of drug-likeness (QED) is 0.131. The van der Waals surface area contributed by atoms with Crippen molar-refractivity contribution in [2.45, 2.75) is 0 Å². The van der Waals surface area contributed by atoms with Gasteiger partial charge in [-0.1, -0.05) is 170 Å². The number of hydrogen-bond donors (Lipinski definition) is 0. The van der Waals surface area contributed by atoms with Gasteiger partial charge in [0.2, 0.25) is 0 Å². The highest BCUT2D eigenvalue weighted by atomic mass is 15.1. The van der Waals surface area contributed by atoms with E-state index in [0.717, 1.165) is 27.8 Å². The Balaban J connectivity index is 1.21. The molecule has 57 heavy (non-hydrogen) atoms. The van der Waals surface area contributed by atoms with Gasteiger partial charge in [-0.25, -0.2) is 0 Å². The van der Waals surface area contributed by atoms with Gasteiger partial charge in [-0.15, -0.1) is 0 Å². The monoisotopic (exact) mass is 722 g/mol. The molecular weight excluding hydrogens is 689 g/mol. The fraction of sp³-hybridized carbons (Fsp3) is 0. The summed E-state index contributed by atoms with van der Waals surface area (Å²) in [6.07, 6.45) is 0. The maximum Gasteiger partial charge on any atom is 0.0991 e. The lowest BCUT2D eigenvalue weighted by Crippen LogP contribution is -2.11. The van der Waals surface area contributed by atoms with Crippen LogP contribution in [0, 0.1) is 11.3 Å². The van der Waals surface area contributed by atoms with E-state index in [1.165, 1.54) is 76.1 Å². The van der Waals surface area contributed by atoms with Gasteiger partial charge in [0.25, 0.3) is 0 Å². The molecule has 0 atom stereocenters. The normalized spacial score (nSPS) is 11.5. The molecule has 0 spiro atoms. The van der Waals surface area contributed by atoms with Gasteiger partial charge in [-0.3, -0.25) is 0 Å². The number of hydrogen-bond acceptors (Lipinski definition) is 2. The smallest absolute Gasteiger partial charge is 0.0991 e. The first-order chi connectivity index (χ1) is 28.3. The van der Waals surface area contributed by atoms with Crippen LogP contribution >= 0.6 is 0 Å². The van der Waals surface area contributed by atoms with Crippen molar-refractivity contribution in [3.63, 3.8) is 0 Å². The minimum Gasteiger partial charge on any atom is -0.309 e. The number of nitriles is 1. The predicted octanol–water partition coefficient (Wildman–Crippen LogP) is 15.3. The molecule has 0 heterocycles. The summed E-state index contributed by atoms with van der Waals surface area (Å²) in [7, 11) is 0. The maximum absolute atomic E-state index is 9.76. The van der Waals surface area contributed by atoms with Crippen LogP contribution in [0.1, 0.15) is 5.56 Å². The van der Waals surface area contributed by atoms with E-state index in [0.29, 0.717) is 5.56 Å². The van der Waals surface area contributed by atoms with Crippen LogP contribution in [0.5, 0.6) is 0 Å². The number of rotatable bonds is 5. The molecule has 0 aromatic heterocycles. The second-order valence-corrected chi connectivity index (χ2v) is 14.7. The van der Waals surface area contributed by atoms with Crippen molar-refractivity contribution in [3.05, 3.63) is 212 Å². The molecule has 0 saturated carbocycles. The van der Waals surface area contributed by atoms with Crippen LogP contribution in [-0.2, 0) is 0 Å². The van der Waals surface area contributed by atoms with Crippen LogP contribution in [-0.4, -0.2) is 0 Å². The van der Waals surface area contributed by atoms with Crippen molar-refractivity contribution < 1.29 is 0 Å². The second kappa shape index (κ2) is 13.2. The van der Waals surface area contributed by atoms with Crippen molar-refractivity contribution in [1.82, 2.24) is 0 Å². The second-order valence-electron chi connectivity index (χ2n) is 14.7. The highest BCUT2D eigenvalue weighted by molar-refractivity contribution is 6.26. The highest BCUT2D eigenvalue weighted by Crippen LogP contribution is 2.50. The average molecular weight is 723 g/mol. The van der Waals surface area contributed by atoms with Gasteiger partial charge in [0.1, 0.15) is 0 Å². The first-order valence-corrected chi connectivity index (χ1v) is 19.4. The van der Waals surface area contributed by atoms with Crippen molar-refractivity contribution in [3.8, 4) is 28.3 Å². The molecule has 0 aliphatic rings. The molecule has 0 bridgehead atoms. The minimum absolute atomic E-state index is 0.632. The molecule has 0 aliphatic carbocycles. The Morgan fingerprint density at radius 3 is 1.39 bits per heavy atom. The van der Waals surface area contributed by atoms with Gasteiger partial charge in [0.05, 0.1) is 23.0 Å². The standard InChI is InChI=1S/C55H34N2/c56-35-36-28-30-39(31-29-36)57(53-34-38-15-2-4-18-41(38)42-19-5-8-22-45(42)53)52-33-32-51(43-20-6-7-21-44(43)52)55-49-25-11-9-23-47(49)54(48-24-10-12-26-50(48)55)46-27-13-16-37-14-1-3-17-40(37)46/h1-34H. The van der Waals surface area contributed by atoms with Crippen LogP contribution in [0.15, 0.2) is 206 Å². The number of fused-ring (bicyclic) bond motifs is 7. The molecule has 0 fully saturated rings. The largest absolute Gasteiger partial charge is 0.309 e. The zero-order valence-electron chi connectivity index (χ0n) is 31.0. The minimum atomic E-state index is 0.632. The lowest BCUT2D eigenvalue weighted by atomic mass is 9.83. The summed E-state index contributed by atoms with van der Waals surface area (Å²) < 4.78 is 0. The van der Waals surface area contributed by atoms with E-state index in [-0.39, 0.29) is 0 Å². The number of nitrogens with zero attached hydrogens (tertiary/aromatic N) is 2. The summed E-state index contributed by atoms with van der Waals surface area (Å²) in [6.45, 7) is 0. The van der Waals surface area contributed by atoms with Gasteiger partial charge in [-0.05, 0) is 113 Å². The third-order valence-corrected chi connectivity index (χ3v) is 11.6. The molecule has 264 valence electrons. The van der Waals surface area contributed by atoms with Crippen LogP contribution < -0.4 is 4.90 Å². The molecular formula is C55H34N2. The van der Waals surface area contributed by atoms with Crippen LogP contribution in [0.4, 0.5) is 17.1 Å². The molecule has 2 nitrogen and oxygen atoms in total. The van der Waals surface area contributed by atoms with E-state index in [1.807, 2.05) is 12.1 Å². The van der Waals surface area contributed by atoms with Crippen LogP contribution in [0.25, 0.3) is 86.9 Å². The summed E-state index contributed by atoms with van der Waals surface area (Å²) >= 11 is 0. The molecule has 0 saturated heterocycles. The summed E-state index contributed by atoms with van der Waals surface area (Å²) in [5, 5.41) is 24.2. The van der Waals surface area contributed by atoms with E-state index in [1.54, 1.807) is 0 Å². The molecule has 0 radical (unpaired) electrons. The molecule has 0 aliphatic heterocycles. The molecule has 11 aromatic rings. The van der Waals surface area contributed by atoms with E-state index in [9.17, 15) is 5.26 Å². The number of anilines is 3. The van der Waals surface area contributed by atoms with Gasteiger partial charge < -0.3 is 4.90 Å². The Morgan fingerprint density at radius 2 is 0.772 bits per heavy atom. The first kappa shape index (κ1) is 32.7. The van der Waals surface area contributed by atoms with Crippen molar-refractivity contribution >= 4 is 81.7 Å². The Bertz CT molecular complexity index is 3360. The predicted molar refractivity (Wildman–Crippen MR) is 242 cm³/mol. The van der Waals surface area contributed by atoms with Gasteiger partial charge in [0, 0.05) is 16.5 Å². The van der Waals surface area contributed by atoms with E-state index in [4.69, 9.17) is 0 Å². The van der Waals surface area contributed by atoms with Crippen molar-refractivity contribution in [2.75, 3.05) is 4.90 Å². The number of benzene rings is 11. The lowest BCUT2D eigenvalue weighted by molar-refractivity contribution is 1.31. The van der Waals surface area contributed by atoms with E-state index >= 15 is 0 Å². The molecule has 0 amide bonds. The molecule has 2 heteroatoms. The molecule has 0 unspecified atom stereocenters. The van der Waals surface area contributed by atoms with Crippen LogP contribution in [0.2, 0.25) is 0 Å². The van der Waals surface area contributed by atoms with Crippen LogP contribution in [0.3, 0.4) is 0 Å². The Morgan fingerprint density at radius 1 is 0.316 bits per heavy atom. The molecule has 11 aromatic carbocycles. The van der Waals surface area contributed by atoms with Gasteiger partial charge in [-0.2, -0.15) is 5.26 Å². The third-order valence-electron chi connectivity index (χ3n) is 11.6. The van der Waals surface area contributed by atoms with Gasteiger partial charge >= 0.3 is 0 Å². The SMILES string of the molecule is N#Cc1ccc(N(c2ccc(-c3c4ccccc4c(-c4cccc5ccccc45)c4ccccc34)c3ccccc23)c2cc3ccccc3c3ccccc23)cc1. The lowest BCUT2D eigenvalue weighted by Gasteiger charge is -2.29. The fourth-order valence-electron chi connectivity index (χ4n) is 9.16. The Kier molecular flexibility index (Phi) is 7.59. The Labute approximate surface area is 330 Å². The van der Waals surface area contributed by atoms with Crippen molar-refractivity contribution in [1.29, 1.82) is 5.26 Å². The Hall–Kier alpha value is -7.73.